The van der Waals surface area contributed by atoms with Crippen LogP contribution < -0.4 is 5.32 Å². The molecular weight excluding hydrogens is 284 g/mol. The average Bonchev–Trinajstić information content (AvgIpc) is 2.90. The van der Waals surface area contributed by atoms with Crippen molar-refractivity contribution in [2.75, 3.05) is 0 Å². The van der Waals surface area contributed by atoms with Gasteiger partial charge in [0.2, 0.25) is 5.91 Å². The SMILES string of the molecule is Cc1nc(C)c(CC(=O)NC2c3ccccc3CC2O)s1. The molecule has 1 aromatic carbocycles. The molecule has 0 saturated heterocycles. The van der Waals surface area contributed by atoms with Crippen molar-refractivity contribution in [2.45, 2.75) is 38.8 Å². The zero-order chi connectivity index (χ0) is 15.0. The van der Waals surface area contributed by atoms with Crippen molar-refractivity contribution in [1.82, 2.24) is 10.3 Å². The van der Waals surface area contributed by atoms with Crippen LogP contribution in [0.5, 0.6) is 0 Å². The molecule has 110 valence electrons. The van der Waals surface area contributed by atoms with Crippen LogP contribution in [0.4, 0.5) is 0 Å². The third kappa shape index (κ3) is 2.84. The van der Waals surface area contributed by atoms with E-state index in [-0.39, 0.29) is 11.9 Å². The molecule has 1 aliphatic rings. The molecule has 0 spiro atoms. The fourth-order valence-electron chi connectivity index (χ4n) is 2.86. The predicted octanol–water partition coefficient (Wildman–Crippen LogP) is 2.08. The fourth-order valence-corrected chi connectivity index (χ4v) is 3.79. The molecule has 5 heteroatoms. The Balaban J connectivity index is 1.72. The quantitative estimate of drug-likeness (QED) is 0.912. The third-order valence-corrected chi connectivity index (χ3v) is 4.91. The highest BCUT2D eigenvalue weighted by molar-refractivity contribution is 7.11. The van der Waals surface area contributed by atoms with Crippen LogP contribution in [-0.2, 0) is 17.6 Å². The molecule has 2 unspecified atom stereocenters. The summed E-state index contributed by atoms with van der Waals surface area (Å²) in [6, 6.07) is 7.56. The van der Waals surface area contributed by atoms with E-state index in [1.54, 1.807) is 11.3 Å². The summed E-state index contributed by atoms with van der Waals surface area (Å²) >= 11 is 1.55. The minimum Gasteiger partial charge on any atom is -0.390 e. The standard InChI is InChI=1S/C16H18N2O2S/c1-9-14(21-10(2)17-9)8-15(20)18-16-12-6-4-3-5-11(12)7-13(16)19/h3-6,13,16,19H,7-8H2,1-2H3,(H,18,20). The van der Waals surface area contributed by atoms with Crippen LogP contribution in [0.1, 0.15) is 32.7 Å². The van der Waals surface area contributed by atoms with Gasteiger partial charge < -0.3 is 10.4 Å². The van der Waals surface area contributed by atoms with Crippen LogP contribution in [0.3, 0.4) is 0 Å². The second-order valence-electron chi connectivity index (χ2n) is 5.43. The first-order valence-corrected chi connectivity index (χ1v) is 7.84. The van der Waals surface area contributed by atoms with Crippen molar-refractivity contribution in [2.24, 2.45) is 0 Å². The molecule has 2 atom stereocenters. The summed E-state index contributed by atoms with van der Waals surface area (Å²) in [6.07, 6.45) is 0.373. The lowest BCUT2D eigenvalue weighted by molar-refractivity contribution is -0.121. The van der Waals surface area contributed by atoms with Gasteiger partial charge >= 0.3 is 0 Å². The highest BCUT2D eigenvalue weighted by Crippen LogP contribution is 2.31. The molecular formula is C16H18N2O2S. The predicted molar refractivity (Wildman–Crippen MR) is 82.3 cm³/mol. The number of aliphatic hydroxyl groups is 1. The van der Waals surface area contributed by atoms with E-state index in [9.17, 15) is 9.90 Å². The zero-order valence-corrected chi connectivity index (χ0v) is 12.9. The number of nitrogens with zero attached hydrogens (tertiary/aromatic N) is 1. The van der Waals surface area contributed by atoms with Gasteiger partial charge in [-0.2, -0.15) is 0 Å². The van der Waals surface area contributed by atoms with E-state index in [2.05, 4.69) is 10.3 Å². The first kappa shape index (κ1) is 14.2. The van der Waals surface area contributed by atoms with Gasteiger partial charge in [-0.25, -0.2) is 4.98 Å². The summed E-state index contributed by atoms with van der Waals surface area (Å²) in [4.78, 5) is 17.6. The number of hydrogen-bond acceptors (Lipinski definition) is 4. The Labute approximate surface area is 127 Å². The summed E-state index contributed by atoms with van der Waals surface area (Å²) < 4.78 is 0. The average molecular weight is 302 g/mol. The van der Waals surface area contributed by atoms with E-state index >= 15 is 0 Å². The Morgan fingerprint density at radius 3 is 2.90 bits per heavy atom. The van der Waals surface area contributed by atoms with Gasteiger partial charge in [-0.3, -0.25) is 4.79 Å². The van der Waals surface area contributed by atoms with E-state index in [1.807, 2.05) is 38.1 Å². The number of benzene rings is 1. The number of carbonyl (C=O) groups excluding carboxylic acids is 1. The maximum absolute atomic E-state index is 12.2. The molecule has 1 aromatic heterocycles. The van der Waals surface area contributed by atoms with Gasteiger partial charge in [-0.1, -0.05) is 24.3 Å². The highest BCUT2D eigenvalue weighted by Gasteiger charge is 2.31. The molecule has 1 aliphatic carbocycles. The lowest BCUT2D eigenvalue weighted by atomic mass is 10.1. The largest absolute Gasteiger partial charge is 0.390 e. The molecule has 3 rings (SSSR count). The molecule has 0 aliphatic heterocycles. The van der Waals surface area contributed by atoms with Gasteiger partial charge in [0.25, 0.3) is 0 Å². The number of nitrogens with one attached hydrogen (secondary N) is 1. The van der Waals surface area contributed by atoms with Crippen LogP contribution in [0.25, 0.3) is 0 Å². The Morgan fingerprint density at radius 2 is 2.19 bits per heavy atom. The van der Waals surface area contributed by atoms with Crippen LogP contribution in [-0.4, -0.2) is 22.1 Å². The number of amides is 1. The first-order valence-electron chi connectivity index (χ1n) is 7.02. The van der Waals surface area contributed by atoms with Crippen molar-refractivity contribution >= 4 is 17.2 Å². The van der Waals surface area contributed by atoms with Gasteiger partial charge in [0, 0.05) is 11.3 Å². The number of aromatic nitrogens is 1. The number of fused-ring (bicyclic) bond motifs is 1. The van der Waals surface area contributed by atoms with E-state index < -0.39 is 6.10 Å². The topological polar surface area (TPSA) is 62.2 Å². The molecule has 4 nitrogen and oxygen atoms in total. The van der Waals surface area contributed by atoms with Crippen molar-refractivity contribution in [1.29, 1.82) is 0 Å². The maximum atomic E-state index is 12.2. The van der Waals surface area contributed by atoms with Crippen LogP contribution >= 0.6 is 11.3 Å². The molecule has 1 heterocycles. The van der Waals surface area contributed by atoms with Crippen molar-refractivity contribution < 1.29 is 9.90 Å². The second-order valence-corrected chi connectivity index (χ2v) is 6.72. The van der Waals surface area contributed by atoms with Gasteiger partial charge in [0.05, 0.1) is 29.3 Å². The molecule has 0 bridgehead atoms. The molecule has 0 radical (unpaired) electrons. The normalized spacial score (nSPS) is 20.3. The maximum Gasteiger partial charge on any atom is 0.225 e. The van der Waals surface area contributed by atoms with E-state index in [0.717, 1.165) is 26.7 Å². The summed E-state index contributed by atoms with van der Waals surface area (Å²) in [5.74, 6) is -0.0671. The Morgan fingerprint density at radius 1 is 1.43 bits per heavy atom. The Bertz CT molecular complexity index is 681. The fraction of sp³-hybridized carbons (Fsp3) is 0.375. The van der Waals surface area contributed by atoms with Crippen molar-refractivity contribution in [3.8, 4) is 0 Å². The minimum atomic E-state index is -0.546. The van der Waals surface area contributed by atoms with E-state index in [0.29, 0.717) is 12.8 Å². The minimum absolute atomic E-state index is 0.0671. The molecule has 1 amide bonds. The molecule has 2 N–H and O–H groups in total. The van der Waals surface area contributed by atoms with Crippen LogP contribution in [0.15, 0.2) is 24.3 Å². The zero-order valence-electron chi connectivity index (χ0n) is 12.1. The second kappa shape index (κ2) is 5.58. The highest BCUT2D eigenvalue weighted by atomic mass is 32.1. The number of aliphatic hydroxyl groups excluding tert-OH is 1. The van der Waals surface area contributed by atoms with Gasteiger partial charge in [0.1, 0.15) is 0 Å². The number of carbonyl (C=O) groups is 1. The monoisotopic (exact) mass is 302 g/mol. The van der Waals surface area contributed by atoms with Crippen LogP contribution in [0, 0.1) is 13.8 Å². The summed E-state index contributed by atoms with van der Waals surface area (Å²) in [6.45, 7) is 3.86. The van der Waals surface area contributed by atoms with Crippen molar-refractivity contribution in [3.05, 3.63) is 51.0 Å². The van der Waals surface area contributed by atoms with Crippen molar-refractivity contribution in [3.63, 3.8) is 0 Å². The third-order valence-electron chi connectivity index (χ3n) is 3.84. The Kier molecular flexibility index (Phi) is 3.78. The number of aryl methyl sites for hydroxylation is 2. The molecule has 21 heavy (non-hydrogen) atoms. The number of hydrogen-bond donors (Lipinski definition) is 2. The van der Waals surface area contributed by atoms with Gasteiger partial charge in [-0.05, 0) is 25.0 Å². The number of thiazole rings is 1. The lowest BCUT2D eigenvalue weighted by Gasteiger charge is -2.17. The molecule has 0 saturated carbocycles. The molecule has 2 aromatic rings. The van der Waals surface area contributed by atoms with Gasteiger partial charge in [0.15, 0.2) is 0 Å². The summed E-state index contributed by atoms with van der Waals surface area (Å²) in [5.41, 5.74) is 3.05. The van der Waals surface area contributed by atoms with E-state index in [4.69, 9.17) is 0 Å². The van der Waals surface area contributed by atoms with E-state index in [1.165, 1.54) is 0 Å². The summed E-state index contributed by atoms with van der Waals surface area (Å²) in [7, 11) is 0. The number of rotatable bonds is 3. The first-order chi connectivity index (χ1) is 10.0. The summed E-state index contributed by atoms with van der Waals surface area (Å²) in [5, 5.41) is 14.1. The van der Waals surface area contributed by atoms with Crippen LogP contribution in [0.2, 0.25) is 0 Å². The van der Waals surface area contributed by atoms with Gasteiger partial charge in [-0.15, -0.1) is 11.3 Å². The lowest BCUT2D eigenvalue weighted by Crippen LogP contribution is -2.34. The smallest absolute Gasteiger partial charge is 0.225 e. The molecule has 0 fully saturated rings. The Hall–Kier alpha value is -1.72.